The molecular weight excluding hydrogens is 280 g/mol. The van der Waals surface area contributed by atoms with Gasteiger partial charge in [0.05, 0.1) is 5.69 Å². The summed E-state index contributed by atoms with van der Waals surface area (Å²) in [6, 6.07) is 0. The molecule has 0 bridgehead atoms. The molecule has 1 aliphatic rings. The molecule has 0 radical (unpaired) electrons. The van der Waals surface area contributed by atoms with Gasteiger partial charge in [0, 0.05) is 29.0 Å². The van der Waals surface area contributed by atoms with Crippen LogP contribution < -0.4 is 4.90 Å². The second-order valence-electron chi connectivity index (χ2n) is 5.98. The standard InChI is InChI=1S/C13H20N2O2S2/c1-12(2)8-15(5-6-19-12)11-14-9(7-18-11)13(3,4)10(16)17/h7H,5-6,8H2,1-4H3,(H,16,17). The first-order valence-corrected chi connectivity index (χ1v) is 8.17. The molecule has 1 aliphatic heterocycles. The van der Waals surface area contributed by atoms with E-state index >= 15 is 0 Å². The van der Waals surface area contributed by atoms with Gasteiger partial charge in [0.15, 0.2) is 5.13 Å². The third kappa shape index (κ3) is 3.05. The molecule has 0 atom stereocenters. The van der Waals surface area contributed by atoms with Crippen molar-refractivity contribution in [3.05, 3.63) is 11.1 Å². The van der Waals surface area contributed by atoms with E-state index in [1.807, 2.05) is 17.1 Å². The summed E-state index contributed by atoms with van der Waals surface area (Å²) < 4.78 is 0.229. The van der Waals surface area contributed by atoms with E-state index in [0.717, 1.165) is 24.0 Å². The molecule has 0 aromatic carbocycles. The van der Waals surface area contributed by atoms with Gasteiger partial charge < -0.3 is 10.0 Å². The third-order valence-electron chi connectivity index (χ3n) is 3.36. The van der Waals surface area contributed by atoms with Gasteiger partial charge in [0.1, 0.15) is 5.41 Å². The molecule has 2 heterocycles. The molecule has 4 nitrogen and oxygen atoms in total. The normalized spacial score (nSPS) is 19.5. The molecule has 106 valence electrons. The maximum Gasteiger partial charge on any atom is 0.315 e. The van der Waals surface area contributed by atoms with E-state index in [1.54, 1.807) is 25.2 Å². The molecule has 6 heteroatoms. The fourth-order valence-corrected chi connectivity index (χ4v) is 4.12. The molecule has 0 aliphatic carbocycles. The van der Waals surface area contributed by atoms with Crippen LogP contribution in [-0.4, -0.2) is 39.6 Å². The summed E-state index contributed by atoms with van der Waals surface area (Å²) >= 11 is 3.52. The summed E-state index contributed by atoms with van der Waals surface area (Å²) in [7, 11) is 0. The number of hydrogen-bond donors (Lipinski definition) is 1. The predicted octanol–water partition coefficient (Wildman–Crippen LogP) is 2.84. The quantitative estimate of drug-likeness (QED) is 0.930. The molecule has 1 fully saturated rings. The maximum absolute atomic E-state index is 11.3. The smallest absolute Gasteiger partial charge is 0.315 e. The van der Waals surface area contributed by atoms with Crippen LogP contribution in [0, 0.1) is 0 Å². The van der Waals surface area contributed by atoms with Gasteiger partial charge >= 0.3 is 5.97 Å². The minimum absolute atomic E-state index is 0.229. The fourth-order valence-electron chi connectivity index (χ4n) is 1.99. The van der Waals surface area contributed by atoms with Gasteiger partial charge in [-0.05, 0) is 27.7 Å². The Bertz CT molecular complexity index is 483. The van der Waals surface area contributed by atoms with Crippen molar-refractivity contribution in [1.29, 1.82) is 0 Å². The van der Waals surface area contributed by atoms with Crippen LogP contribution >= 0.6 is 23.1 Å². The van der Waals surface area contributed by atoms with Crippen LogP contribution in [0.3, 0.4) is 0 Å². The number of anilines is 1. The van der Waals surface area contributed by atoms with Crippen molar-refractivity contribution in [1.82, 2.24) is 4.98 Å². The average molecular weight is 300 g/mol. The molecule has 1 aromatic heterocycles. The Morgan fingerprint density at radius 1 is 1.53 bits per heavy atom. The minimum atomic E-state index is -0.922. The Morgan fingerprint density at radius 2 is 2.21 bits per heavy atom. The van der Waals surface area contributed by atoms with Crippen LogP contribution in [-0.2, 0) is 10.2 Å². The second-order valence-corrected chi connectivity index (χ2v) is 8.61. The van der Waals surface area contributed by atoms with Crippen molar-refractivity contribution in [3.63, 3.8) is 0 Å². The number of thiazole rings is 1. The topological polar surface area (TPSA) is 53.4 Å². The van der Waals surface area contributed by atoms with Gasteiger partial charge in [-0.15, -0.1) is 11.3 Å². The van der Waals surface area contributed by atoms with Crippen molar-refractivity contribution >= 4 is 34.2 Å². The van der Waals surface area contributed by atoms with Crippen LogP contribution in [0.15, 0.2) is 5.38 Å². The highest BCUT2D eigenvalue weighted by Gasteiger charge is 2.34. The van der Waals surface area contributed by atoms with Crippen molar-refractivity contribution in [2.24, 2.45) is 0 Å². The van der Waals surface area contributed by atoms with Crippen molar-refractivity contribution < 1.29 is 9.90 Å². The maximum atomic E-state index is 11.3. The zero-order valence-electron chi connectivity index (χ0n) is 11.8. The molecule has 0 saturated carbocycles. The summed E-state index contributed by atoms with van der Waals surface area (Å²) in [4.78, 5) is 18.1. The van der Waals surface area contributed by atoms with Crippen LogP contribution in [0.5, 0.6) is 0 Å². The van der Waals surface area contributed by atoms with Crippen molar-refractivity contribution in [2.45, 2.75) is 37.9 Å². The molecule has 0 unspecified atom stereocenters. The van der Waals surface area contributed by atoms with Gasteiger partial charge in [-0.2, -0.15) is 11.8 Å². The molecule has 19 heavy (non-hydrogen) atoms. The fraction of sp³-hybridized carbons (Fsp3) is 0.692. The number of carbonyl (C=O) groups is 1. The van der Waals surface area contributed by atoms with Crippen molar-refractivity contribution in [3.8, 4) is 0 Å². The molecular formula is C13H20N2O2S2. The molecule has 0 spiro atoms. The van der Waals surface area contributed by atoms with E-state index in [9.17, 15) is 9.90 Å². The Balaban J connectivity index is 2.20. The first kappa shape index (κ1) is 14.7. The van der Waals surface area contributed by atoms with Gasteiger partial charge in [0.25, 0.3) is 0 Å². The van der Waals surface area contributed by atoms with Crippen LogP contribution in [0.25, 0.3) is 0 Å². The van der Waals surface area contributed by atoms with E-state index in [4.69, 9.17) is 0 Å². The number of carboxylic acids is 1. The molecule has 2 rings (SSSR count). The highest BCUT2D eigenvalue weighted by atomic mass is 32.2. The second kappa shape index (κ2) is 4.98. The van der Waals surface area contributed by atoms with E-state index in [0.29, 0.717) is 5.69 Å². The first-order valence-electron chi connectivity index (χ1n) is 6.31. The number of rotatable bonds is 3. The average Bonchev–Trinajstić information content (AvgIpc) is 2.77. The Kier molecular flexibility index (Phi) is 3.84. The number of aromatic nitrogens is 1. The Labute approximate surface area is 122 Å². The number of carboxylic acid groups (broad SMARTS) is 1. The minimum Gasteiger partial charge on any atom is -0.481 e. The summed E-state index contributed by atoms with van der Waals surface area (Å²) in [6.45, 7) is 9.81. The molecule has 1 N–H and O–H groups in total. The number of hydrogen-bond acceptors (Lipinski definition) is 5. The monoisotopic (exact) mass is 300 g/mol. The lowest BCUT2D eigenvalue weighted by atomic mass is 9.90. The number of nitrogens with zero attached hydrogens (tertiary/aromatic N) is 2. The van der Waals surface area contributed by atoms with Crippen molar-refractivity contribution in [2.75, 3.05) is 23.7 Å². The number of thioether (sulfide) groups is 1. The molecule has 0 amide bonds. The van der Waals surface area contributed by atoms with E-state index in [2.05, 4.69) is 23.7 Å². The summed E-state index contributed by atoms with van der Waals surface area (Å²) in [5.74, 6) is 0.253. The summed E-state index contributed by atoms with van der Waals surface area (Å²) in [6.07, 6.45) is 0. The van der Waals surface area contributed by atoms with Crippen LogP contribution in [0.4, 0.5) is 5.13 Å². The highest BCUT2D eigenvalue weighted by molar-refractivity contribution is 8.00. The SMILES string of the molecule is CC1(C)CN(c2nc(C(C)(C)C(=O)O)cs2)CCS1. The van der Waals surface area contributed by atoms with E-state index in [1.165, 1.54) is 0 Å². The lowest BCUT2D eigenvalue weighted by molar-refractivity contribution is -0.142. The first-order chi connectivity index (χ1) is 8.72. The highest BCUT2D eigenvalue weighted by Crippen LogP contribution is 2.35. The Hall–Kier alpha value is -0.750. The number of aliphatic carboxylic acids is 1. The molecule has 1 saturated heterocycles. The zero-order chi connectivity index (χ0) is 14.3. The van der Waals surface area contributed by atoms with E-state index in [-0.39, 0.29) is 4.75 Å². The lowest BCUT2D eigenvalue weighted by Gasteiger charge is -2.37. The van der Waals surface area contributed by atoms with Crippen LogP contribution in [0.1, 0.15) is 33.4 Å². The van der Waals surface area contributed by atoms with Gasteiger partial charge in [-0.1, -0.05) is 0 Å². The lowest BCUT2D eigenvalue weighted by Crippen LogP contribution is -2.43. The van der Waals surface area contributed by atoms with Gasteiger partial charge in [-0.25, -0.2) is 4.98 Å². The van der Waals surface area contributed by atoms with E-state index < -0.39 is 11.4 Å². The van der Waals surface area contributed by atoms with Gasteiger partial charge in [0.2, 0.25) is 0 Å². The zero-order valence-corrected chi connectivity index (χ0v) is 13.4. The summed E-state index contributed by atoms with van der Waals surface area (Å²) in [5, 5.41) is 12.1. The predicted molar refractivity (Wildman–Crippen MR) is 81.5 cm³/mol. The molecule has 1 aromatic rings. The Morgan fingerprint density at radius 3 is 2.79 bits per heavy atom. The third-order valence-corrected chi connectivity index (χ3v) is 5.56. The van der Waals surface area contributed by atoms with Gasteiger partial charge in [-0.3, -0.25) is 4.79 Å². The van der Waals surface area contributed by atoms with Crippen LogP contribution in [0.2, 0.25) is 0 Å². The largest absolute Gasteiger partial charge is 0.481 e. The summed E-state index contributed by atoms with van der Waals surface area (Å²) in [5.41, 5.74) is -0.273.